The standard InChI is InChI=1S/C17H28N2O3S2/c1-14-9-8-10-15(2)17(14)18-16(20)13-19(3)11-6-5-7-12-24(21,23)22-4/h8-10H,5-7,11-13H2,1-4H3,(H,18,20). The van der Waals surface area contributed by atoms with E-state index in [1.54, 1.807) is 0 Å². The van der Waals surface area contributed by atoms with Crippen LogP contribution in [-0.4, -0.2) is 48.0 Å². The van der Waals surface area contributed by atoms with Gasteiger partial charge < -0.3 is 5.32 Å². The van der Waals surface area contributed by atoms with Crippen LogP contribution in [0, 0.1) is 13.8 Å². The zero-order chi connectivity index (χ0) is 18.2. The average Bonchev–Trinajstić information content (AvgIpc) is 2.50. The van der Waals surface area contributed by atoms with E-state index in [0.29, 0.717) is 12.3 Å². The van der Waals surface area contributed by atoms with Crippen molar-refractivity contribution in [2.45, 2.75) is 33.1 Å². The van der Waals surface area contributed by atoms with E-state index in [9.17, 15) is 9.00 Å². The second-order valence-corrected chi connectivity index (χ2v) is 9.42. The first-order valence-corrected chi connectivity index (χ1v) is 10.7. The third kappa shape index (κ3) is 7.70. The Morgan fingerprint density at radius 1 is 1.25 bits per heavy atom. The van der Waals surface area contributed by atoms with Gasteiger partial charge in [-0.1, -0.05) is 24.6 Å². The van der Waals surface area contributed by atoms with Gasteiger partial charge in [0.05, 0.1) is 19.4 Å². The molecule has 0 aliphatic carbocycles. The highest BCUT2D eigenvalue weighted by atomic mass is 32.8. The number of likely N-dealkylation sites (N-methyl/N-ethyl adjacent to an activating group) is 1. The summed E-state index contributed by atoms with van der Waals surface area (Å²) in [5.41, 5.74) is 3.03. The SMILES string of the molecule is COS(=O)(=S)CCCCCN(C)CC(=O)Nc1c(C)cccc1C. The lowest BCUT2D eigenvalue weighted by Gasteiger charge is -2.17. The van der Waals surface area contributed by atoms with Crippen LogP contribution in [0.15, 0.2) is 18.2 Å². The van der Waals surface area contributed by atoms with Crippen molar-refractivity contribution in [1.82, 2.24) is 4.90 Å². The molecule has 0 fully saturated rings. The number of nitrogens with zero attached hydrogens (tertiary/aromatic N) is 1. The molecule has 1 N–H and O–H groups in total. The Bertz CT molecular complexity index is 625. The Morgan fingerprint density at radius 2 is 1.88 bits per heavy atom. The van der Waals surface area contributed by atoms with Crippen molar-refractivity contribution < 1.29 is 13.2 Å². The fourth-order valence-electron chi connectivity index (χ4n) is 2.44. The van der Waals surface area contributed by atoms with E-state index in [4.69, 9.17) is 15.4 Å². The van der Waals surface area contributed by atoms with Gasteiger partial charge in [-0.05, 0) is 51.4 Å². The molecule has 1 aromatic carbocycles. The summed E-state index contributed by atoms with van der Waals surface area (Å²) in [6, 6.07) is 5.96. The predicted molar refractivity (Wildman–Crippen MR) is 103 cm³/mol. The summed E-state index contributed by atoms with van der Waals surface area (Å²) in [5, 5.41) is 2.99. The Kier molecular flexibility index (Phi) is 8.83. The van der Waals surface area contributed by atoms with E-state index in [2.05, 4.69) is 5.32 Å². The number of hydrogen-bond acceptors (Lipinski definition) is 5. The number of amides is 1. The summed E-state index contributed by atoms with van der Waals surface area (Å²) >= 11 is 4.83. The predicted octanol–water partition coefficient (Wildman–Crippen LogP) is 2.65. The molecule has 1 amide bonds. The van der Waals surface area contributed by atoms with Crippen LogP contribution in [0.4, 0.5) is 5.69 Å². The minimum atomic E-state index is -2.53. The van der Waals surface area contributed by atoms with Gasteiger partial charge in [0.25, 0.3) is 0 Å². The number of benzene rings is 1. The van der Waals surface area contributed by atoms with Gasteiger partial charge in [0.1, 0.15) is 8.77 Å². The molecule has 1 rings (SSSR count). The van der Waals surface area contributed by atoms with Crippen molar-refractivity contribution in [3.63, 3.8) is 0 Å². The largest absolute Gasteiger partial charge is 0.324 e. The van der Waals surface area contributed by atoms with Crippen molar-refractivity contribution >= 4 is 31.6 Å². The number of rotatable bonds is 10. The van der Waals surface area contributed by atoms with Crippen LogP contribution >= 0.6 is 0 Å². The number of aryl methyl sites for hydroxylation is 2. The molecular formula is C17H28N2O3S2. The number of carbonyl (C=O) groups is 1. The number of unbranched alkanes of at least 4 members (excludes halogenated alkanes) is 2. The van der Waals surface area contributed by atoms with E-state index >= 15 is 0 Å². The second-order valence-electron chi connectivity index (χ2n) is 6.04. The van der Waals surface area contributed by atoms with E-state index in [-0.39, 0.29) is 5.91 Å². The van der Waals surface area contributed by atoms with E-state index in [1.807, 2.05) is 44.0 Å². The van der Waals surface area contributed by atoms with Crippen molar-refractivity contribution in [1.29, 1.82) is 0 Å². The average molecular weight is 373 g/mol. The van der Waals surface area contributed by atoms with Crippen molar-refractivity contribution in [2.75, 3.05) is 38.3 Å². The molecule has 0 spiro atoms. The van der Waals surface area contributed by atoms with Gasteiger partial charge in [-0.2, -0.15) is 0 Å². The number of anilines is 1. The highest BCUT2D eigenvalue weighted by Crippen LogP contribution is 2.19. The van der Waals surface area contributed by atoms with Crippen LogP contribution in [-0.2, 0) is 28.9 Å². The van der Waals surface area contributed by atoms with E-state index in [1.165, 1.54) is 7.11 Å². The number of hydrogen-bond donors (Lipinski definition) is 1. The zero-order valence-electron chi connectivity index (χ0n) is 15.0. The Balaban J connectivity index is 2.30. The summed E-state index contributed by atoms with van der Waals surface area (Å²) in [6.07, 6.45) is 2.63. The fraction of sp³-hybridized carbons (Fsp3) is 0.588. The molecule has 0 bridgehead atoms. The molecule has 0 saturated heterocycles. The summed E-state index contributed by atoms with van der Waals surface area (Å²) in [5.74, 6) is 0.401. The van der Waals surface area contributed by atoms with Crippen LogP contribution in [0.1, 0.15) is 30.4 Å². The topological polar surface area (TPSA) is 58.6 Å². The highest BCUT2D eigenvalue weighted by molar-refractivity contribution is 8.30. The molecule has 136 valence electrons. The monoisotopic (exact) mass is 372 g/mol. The molecule has 0 aromatic heterocycles. The lowest BCUT2D eigenvalue weighted by Crippen LogP contribution is -2.31. The highest BCUT2D eigenvalue weighted by Gasteiger charge is 2.10. The molecule has 0 saturated carbocycles. The van der Waals surface area contributed by atoms with Crippen LogP contribution < -0.4 is 5.32 Å². The van der Waals surface area contributed by atoms with Gasteiger partial charge >= 0.3 is 0 Å². The van der Waals surface area contributed by atoms with Crippen molar-refractivity contribution in [3.8, 4) is 0 Å². The third-order valence-corrected chi connectivity index (χ3v) is 6.05. The van der Waals surface area contributed by atoms with Gasteiger partial charge in [0.15, 0.2) is 0 Å². The normalized spacial score (nSPS) is 13.7. The fourth-order valence-corrected chi connectivity index (χ4v) is 3.51. The maximum absolute atomic E-state index is 12.2. The molecule has 0 aliphatic rings. The zero-order valence-corrected chi connectivity index (χ0v) is 16.6. The summed E-state index contributed by atoms with van der Waals surface area (Å²) in [4.78, 5) is 14.2. The lowest BCUT2D eigenvalue weighted by molar-refractivity contribution is -0.117. The summed E-state index contributed by atoms with van der Waals surface area (Å²) in [7, 11) is 0.787. The van der Waals surface area contributed by atoms with Crippen LogP contribution in [0.5, 0.6) is 0 Å². The molecule has 1 atom stereocenters. The quantitative estimate of drug-likeness (QED) is 0.640. The summed E-state index contributed by atoms with van der Waals surface area (Å²) in [6.45, 7) is 5.14. The van der Waals surface area contributed by atoms with Crippen molar-refractivity contribution in [3.05, 3.63) is 29.3 Å². The summed E-state index contributed by atoms with van der Waals surface area (Å²) < 4.78 is 16.3. The molecule has 7 heteroatoms. The lowest BCUT2D eigenvalue weighted by atomic mass is 10.1. The minimum Gasteiger partial charge on any atom is -0.324 e. The molecule has 0 heterocycles. The van der Waals surface area contributed by atoms with E-state index in [0.717, 1.165) is 42.6 Å². The van der Waals surface area contributed by atoms with Crippen molar-refractivity contribution in [2.24, 2.45) is 0 Å². The van der Waals surface area contributed by atoms with Gasteiger partial charge in [0.2, 0.25) is 5.91 Å². The molecule has 5 nitrogen and oxygen atoms in total. The third-order valence-electron chi connectivity index (χ3n) is 3.85. The smallest absolute Gasteiger partial charge is 0.238 e. The number of para-hydroxylation sites is 1. The number of carbonyl (C=O) groups excluding carboxylic acids is 1. The van der Waals surface area contributed by atoms with Crippen LogP contribution in [0.25, 0.3) is 0 Å². The second kappa shape index (κ2) is 10.1. The molecule has 0 aliphatic heterocycles. The maximum Gasteiger partial charge on any atom is 0.238 e. The Morgan fingerprint density at radius 3 is 2.46 bits per heavy atom. The molecule has 24 heavy (non-hydrogen) atoms. The maximum atomic E-state index is 12.2. The number of nitrogens with one attached hydrogen (secondary N) is 1. The Labute approximate surface area is 150 Å². The van der Waals surface area contributed by atoms with Crippen LogP contribution in [0.2, 0.25) is 0 Å². The Hall–Kier alpha value is -1.02. The molecule has 1 unspecified atom stereocenters. The first kappa shape index (κ1) is 21.0. The van der Waals surface area contributed by atoms with Crippen LogP contribution in [0.3, 0.4) is 0 Å². The van der Waals surface area contributed by atoms with Gasteiger partial charge in [-0.3, -0.25) is 13.9 Å². The van der Waals surface area contributed by atoms with Gasteiger partial charge in [-0.15, -0.1) is 0 Å². The van der Waals surface area contributed by atoms with Gasteiger partial charge in [0, 0.05) is 16.9 Å². The first-order valence-electron chi connectivity index (χ1n) is 8.08. The minimum absolute atomic E-state index is 0.0112. The molecular weight excluding hydrogens is 344 g/mol. The molecule has 1 aromatic rings. The van der Waals surface area contributed by atoms with E-state index < -0.39 is 8.77 Å². The first-order chi connectivity index (χ1) is 11.2. The van der Waals surface area contributed by atoms with Gasteiger partial charge in [-0.25, -0.2) is 4.21 Å². The molecule has 0 radical (unpaired) electrons.